The van der Waals surface area contributed by atoms with Crippen molar-refractivity contribution >= 4 is 5.90 Å². The molecule has 152 valence electrons. The van der Waals surface area contributed by atoms with Gasteiger partial charge >= 0.3 is 12.4 Å². The van der Waals surface area contributed by atoms with Crippen LogP contribution in [0.15, 0.2) is 17.1 Å². The largest absolute Gasteiger partial charge is 0.448 e. The number of aliphatic hydroxyl groups excluding tert-OH is 1. The molecule has 2 rings (SSSR count). The molecule has 1 aromatic rings. The van der Waals surface area contributed by atoms with E-state index in [0.717, 1.165) is 0 Å². The zero-order valence-electron chi connectivity index (χ0n) is 13.8. The standard InChI is InChI=1S/C15H15F7N2O3/c1-26-9(6-16)4-8-5-12(25)27-13(23-8)7-2-10(14(17,18)19)24-11(3-7)15(20,21)22/h2-3,8-9,12,25H,4-6H2,1H3. The van der Waals surface area contributed by atoms with Crippen LogP contribution in [0.3, 0.4) is 0 Å². The Morgan fingerprint density at radius 3 is 2.19 bits per heavy atom. The van der Waals surface area contributed by atoms with Crippen LogP contribution in [0.4, 0.5) is 30.7 Å². The van der Waals surface area contributed by atoms with E-state index >= 15 is 0 Å². The normalized spacial score (nSPS) is 22.2. The van der Waals surface area contributed by atoms with Crippen molar-refractivity contribution in [2.75, 3.05) is 13.8 Å². The van der Waals surface area contributed by atoms with Crippen molar-refractivity contribution in [1.29, 1.82) is 0 Å². The predicted octanol–water partition coefficient (Wildman–Crippen LogP) is 3.35. The van der Waals surface area contributed by atoms with Crippen molar-refractivity contribution in [2.45, 2.75) is 43.6 Å². The van der Waals surface area contributed by atoms with E-state index in [4.69, 9.17) is 9.47 Å². The van der Waals surface area contributed by atoms with Crippen molar-refractivity contribution in [1.82, 2.24) is 4.98 Å². The van der Waals surface area contributed by atoms with Gasteiger partial charge in [0.15, 0.2) is 0 Å². The van der Waals surface area contributed by atoms with Gasteiger partial charge in [-0.1, -0.05) is 0 Å². The Hall–Kier alpha value is -1.95. The smallest absolute Gasteiger partial charge is 0.433 e. The average molecular weight is 404 g/mol. The number of alkyl halides is 7. The van der Waals surface area contributed by atoms with Crippen LogP contribution in [0.1, 0.15) is 29.8 Å². The Labute approximate surface area is 148 Å². The zero-order valence-corrected chi connectivity index (χ0v) is 13.8. The second-order valence-corrected chi connectivity index (χ2v) is 5.77. The molecule has 0 aliphatic carbocycles. The minimum absolute atomic E-state index is 0.0414. The molecule has 0 amide bonds. The number of aromatic nitrogens is 1. The molecule has 1 aliphatic rings. The van der Waals surface area contributed by atoms with Crippen molar-refractivity contribution in [3.63, 3.8) is 0 Å². The summed E-state index contributed by atoms with van der Waals surface area (Å²) < 4.78 is 99.9. The Kier molecular flexibility index (Phi) is 6.30. The lowest BCUT2D eigenvalue weighted by Gasteiger charge is -2.27. The van der Waals surface area contributed by atoms with Gasteiger partial charge in [-0.2, -0.15) is 26.3 Å². The molecule has 12 heteroatoms. The van der Waals surface area contributed by atoms with E-state index in [1.807, 2.05) is 0 Å². The first-order valence-electron chi connectivity index (χ1n) is 7.62. The van der Waals surface area contributed by atoms with Gasteiger partial charge in [0, 0.05) is 19.1 Å². The predicted molar refractivity (Wildman–Crippen MR) is 77.7 cm³/mol. The molecule has 0 fully saturated rings. The van der Waals surface area contributed by atoms with E-state index in [1.54, 1.807) is 0 Å². The average Bonchev–Trinajstić information content (AvgIpc) is 2.57. The number of rotatable bonds is 5. The monoisotopic (exact) mass is 404 g/mol. The quantitative estimate of drug-likeness (QED) is 0.765. The number of aliphatic imine (C=N–C) groups is 1. The van der Waals surface area contributed by atoms with Crippen molar-refractivity contribution in [3.8, 4) is 0 Å². The summed E-state index contributed by atoms with van der Waals surface area (Å²) in [6, 6.07) is -0.139. The number of hydrogen-bond donors (Lipinski definition) is 1. The zero-order chi connectivity index (χ0) is 20.4. The molecule has 1 aromatic heterocycles. The number of methoxy groups -OCH3 is 1. The molecule has 0 saturated carbocycles. The summed E-state index contributed by atoms with van der Waals surface area (Å²) in [5.41, 5.74) is -4.22. The van der Waals surface area contributed by atoms with Gasteiger partial charge in [-0.3, -0.25) is 0 Å². The van der Waals surface area contributed by atoms with Crippen molar-refractivity contribution in [3.05, 3.63) is 29.1 Å². The Morgan fingerprint density at radius 1 is 1.19 bits per heavy atom. The van der Waals surface area contributed by atoms with Gasteiger partial charge in [0.05, 0.1) is 12.1 Å². The van der Waals surface area contributed by atoms with Crippen molar-refractivity contribution < 1.29 is 45.3 Å². The van der Waals surface area contributed by atoms with Crippen LogP contribution >= 0.6 is 0 Å². The fraction of sp³-hybridized carbons (Fsp3) is 0.600. The lowest BCUT2D eigenvalue weighted by molar-refractivity contribution is -0.150. The molecule has 0 radical (unpaired) electrons. The number of nitrogens with zero attached hydrogens (tertiary/aromatic N) is 2. The summed E-state index contributed by atoms with van der Waals surface area (Å²) in [6.45, 7) is -0.874. The highest BCUT2D eigenvalue weighted by Crippen LogP contribution is 2.34. The Morgan fingerprint density at radius 2 is 1.74 bits per heavy atom. The fourth-order valence-electron chi connectivity index (χ4n) is 2.42. The van der Waals surface area contributed by atoms with Gasteiger partial charge in [0.2, 0.25) is 12.2 Å². The lowest BCUT2D eigenvalue weighted by Crippen LogP contribution is -2.33. The van der Waals surface area contributed by atoms with Crippen LogP contribution in [-0.4, -0.2) is 48.2 Å². The highest BCUT2D eigenvalue weighted by atomic mass is 19.4. The maximum absolute atomic E-state index is 12.9. The topological polar surface area (TPSA) is 63.9 Å². The molecule has 0 saturated heterocycles. The summed E-state index contributed by atoms with van der Waals surface area (Å²) in [5.74, 6) is -0.620. The van der Waals surface area contributed by atoms with E-state index in [1.165, 1.54) is 7.11 Å². The summed E-state index contributed by atoms with van der Waals surface area (Å²) in [5, 5.41) is 9.73. The van der Waals surface area contributed by atoms with Gasteiger partial charge in [-0.15, -0.1) is 0 Å². The van der Waals surface area contributed by atoms with Crippen LogP contribution in [0.25, 0.3) is 0 Å². The number of halogens is 7. The van der Waals surface area contributed by atoms with Crippen molar-refractivity contribution in [2.24, 2.45) is 4.99 Å². The fourth-order valence-corrected chi connectivity index (χ4v) is 2.42. The van der Waals surface area contributed by atoms with Gasteiger partial charge in [-0.25, -0.2) is 14.4 Å². The number of pyridine rings is 1. The van der Waals surface area contributed by atoms with Crippen LogP contribution in [-0.2, 0) is 21.8 Å². The molecule has 3 unspecified atom stereocenters. The summed E-state index contributed by atoms with van der Waals surface area (Å²) >= 11 is 0. The van der Waals surface area contributed by atoms with E-state index in [2.05, 4.69) is 9.98 Å². The van der Waals surface area contributed by atoms with E-state index in [9.17, 15) is 35.8 Å². The van der Waals surface area contributed by atoms with Crippen LogP contribution in [0.5, 0.6) is 0 Å². The van der Waals surface area contributed by atoms with E-state index < -0.39 is 60.3 Å². The maximum atomic E-state index is 12.9. The third-order valence-electron chi connectivity index (χ3n) is 3.71. The van der Waals surface area contributed by atoms with E-state index in [0.29, 0.717) is 12.1 Å². The molecule has 1 N–H and O–H groups in total. The second kappa shape index (κ2) is 7.97. The first-order valence-corrected chi connectivity index (χ1v) is 7.62. The molecule has 3 atom stereocenters. The van der Waals surface area contributed by atoms with Gasteiger partial charge in [0.25, 0.3) is 0 Å². The highest BCUT2D eigenvalue weighted by molar-refractivity contribution is 5.95. The molecule has 0 aromatic carbocycles. The highest BCUT2D eigenvalue weighted by Gasteiger charge is 2.40. The number of ether oxygens (including phenoxy) is 2. The van der Waals surface area contributed by atoms with Gasteiger partial charge < -0.3 is 14.6 Å². The summed E-state index contributed by atoms with van der Waals surface area (Å²) in [6.07, 6.45) is -12.9. The number of hydrogen-bond acceptors (Lipinski definition) is 5. The third-order valence-corrected chi connectivity index (χ3v) is 3.71. The minimum Gasteiger partial charge on any atom is -0.448 e. The van der Waals surface area contributed by atoms with Gasteiger partial charge in [-0.05, 0) is 18.6 Å². The van der Waals surface area contributed by atoms with Crippen LogP contribution < -0.4 is 0 Å². The number of aliphatic hydroxyl groups is 1. The molecule has 1 aliphatic heterocycles. The summed E-state index contributed by atoms with van der Waals surface area (Å²) in [4.78, 5) is 6.50. The van der Waals surface area contributed by atoms with Gasteiger partial charge in [0.1, 0.15) is 18.1 Å². The maximum Gasteiger partial charge on any atom is 0.433 e. The molecular weight excluding hydrogens is 389 g/mol. The molecule has 2 heterocycles. The summed E-state index contributed by atoms with van der Waals surface area (Å²) in [7, 11) is 1.23. The molecule has 5 nitrogen and oxygen atoms in total. The molecular formula is C15H15F7N2O3. The lowest BCUT2D eigenvalue weighted by atomic mass is 10.0. The Bertz CT molecular complexity index is 655. The molecule has 0 spiro atoms. The molecule has 0 bridgehead atoms. The van der Waals surface area contributed by atoms with Crippen LogP contribution in [0.2, 0.25) is 0 Å². The third kappa shape index (κ3) is 5.51. The van der Waals surface area contributed by atoms with Crippen LogP contribution in [0, 0.1) is 0 Å². The second-order valence-electron chi connectivity index (χ2n) is 5.77. The van der Waals surface area contributed by atoms with E-state index in [-0.39, 0.29) is 12.8 Å². The minimum atomic E-state index is -5.14. The molecule has 27 heavy (non-hydrogen) atoms. The Balaban J connectivity index is 2.46. The first kappa shape index (κ1) is 21.4. The first-order chi connectivity index (χ1) is 12.4. The SMILES string of the molecule is COC(CF)CC1CC(O)OC(c2cc(C(F)(F)F)nc(C(F)(F)F)c2)=N1.